The molecule has 1 heterocycles. The van der Waals surface area contributed by atoms with Gasteiger partial charge in [-0.25, -0.2) is 4.39 Å². The van der Waals surface area contributed by atoms with Crippen molar-refractivity contribution in [3.63, 3.8) is 0 Å². The van der Waals surface area contributed by atoms with Crippen molar-refractivity contribution in [2.24, 2.45) is 0 Å². The molecule has 2 nitrogen and oxygen atoms in total. The fourth-order valence-electron chi connectivity index (χ4n) is 4.04. The van der Waals surface area contributed by atoms with Gasteiger partial charge < -0.3 is 10.1 Å². The maximum Gasteiger partial charge on any atom is 0.123 e. The number of nitrogens with one attached hydrogen (secondary N) is 1. The van der Waals surface area contributed by atoms with Gasteiger partial charge in [-0.3, -0.25) is 0 Å². The minimum atomic E-state index is -0.174. The highest BCUT2D eigenvalue weighted by Gasteiger charge is 2.41. The lowest BCUT2D eigenvalue weighted by Crippen LogP contribution is -2.45. The molecule has 1 aliphatic heterocycles. The number of hydrogen-bond donors (Lipinski definition) is 1. The molecule has 1 aliphatic rings. The monoisotopic (exact) mass is 341 g/mol. The Morgan fingerprint density at radius 2 is 1.76 bits per heavy atom. The van der Waals surface area contributed by atoms with E-state index in [9.17, 15) is 4.39 Å². The third-order valence-electron chi connectivity index (χ3n) is 5.25. The SMILES string of the molecule is CC1(C)CC(CCNCc2ccccc2)(c2ccc(F)cc2)CCO1. The van der Waals surface area contributed by atoms with E-state index in [1.54, 1.807) is 12.1 Å². The van der Waals surface area contributed by atoms with Gasteiger partial charge in [0.15, 0.2) is 0 Å². The van der Waals surface area contributed by atoms with Gasteiger partial charge in [0.05, 0.1) is 5.60 Å². The van der Waals surface area contributed by atoms with Crippen LogP contribution in [0.1, 0.15) is 44.2 Å². The molecule has 0 saturated carbocycles. The van der Waals surface area contributed by atoms with Crippen molar-refractivity contribution in [1.82, 2.24) is 5.32 Å². The van der Waals surface area contributed by atoms with Crippen LogP contribution in [0.5, 0.6) is 0 Å². The third-order valence-corrected chi connectivity index (χ3v) is 5.25. The van der Waals surface area contributed by atoms with E-state index in [1.807, 2.05) is 18.2 Å². The fraction of sp³-hybridized carbons (Fsp3) is 0.455. The summed E-state index contributed by atoms with van der Waals surface area (Å²) >= 11 is 0. The average Bonchev–Trinajstić information content (AvgIpc) is 2.59. The summed E-state index contributed by atoms with van der Waals surface area (Å²) in [7, 11) is 0. The molecule has 25 heavy (non-hydrogen) atoms. The van der Waals surface area contributed by atoms with Crippen LogP contribution in [0.15, 0.2) is 54.6 Å². The van der Waals surface area contributed by atoms with Gasteiger partial charge in [0.2, 0.25) is 0 Å². The molecule has 1 saturated heterocycles. The van der Waals surface area contributed by atoms with Crippen molar-refractivity contribution >= 4 is 0 Å². The minimum Gasteiger partial charge on any atom is -0.376 e. The Balaban J connectivity index is 1.69. The van der Waals surface area contributed by atoms with Gasteiger partial charge in [0.1, 0.15) is 5.82 Å². The van der Waals surface area contributed by atoms with Crippen LogP contribution < -0.4 is 5.32 Å². The smallest absolute Gasteiger partial charge is 0.123 e. The highest BCUT2D eigenvalue weighted by Crippen LogP contribution is 2.43. The summed E-state index contributed by atoms with van der Waals surface area (Å²) in [6.07, 6.45) is 2.96. The lowest BCUT2D eigenvalue weighted by molar-refractivity contribution is -0.0840. The van der Waals surface area contributed by atoms with E-state index in [0.29, 0.717) is 0 Å². The average molecular weight is 341 g/mol. The first-order valence-electron chi connectivity index (χ1n) is 9.14. The maximum absolute atomic E-state index is 13.4. The number of ether oxygens (including phenoxy) is 1. The molecule has 2 aromatic carbocycles. The molecule has 0 radical (unpaired) electrons. The maximum atomic E-state index is 13.4. The fourth-order valence-corrected chi connectivity index (χ4v) is 4.04. The Morgan fingerprint density at radius 1 is 1.04 bits per heavy atom. The van der Waals surface area contributed by atoms with Crippen molar-refractivity contribution < 1.29 is 9.13 Å². The number of benzene rings is 2. The van der Waals surface area contributed by atoms with Crippen molar-refractivity contribution in [3.05, 3.63) is 71.5 Å². The van der Waals surface area contributed by atoms with Gasteiger partial charge in [-0.1, -0.05) is 42.5 Å². The summed E-state index contributed by atoms with van der Waals surface area (Å²) in [4.78, 5) is 0. The van der Waals surface area contributed by atoms with Crippen LogP contribution in [0.3, 0.4) is 0 Å². The number of hydrogen-bond acceptors (Lipinski definition) is 2. The van der Waals surface area contributed by atoms with Crippen LogP contribution in [0.4, 0.5) is 4.39 Å². The molecule has 0 bridgehead atoms. The Kier molecular flexibility index (Phi) is 5.55. The van der Waals surface area contributed by atoms with Crippen molar-refractivity contribution in [2.75, 3.05) is 13.2 Å². The van der Waals surface area contributed by atoms with Gasteiger partial charge in [-0.05, 0) is 62.9 Å². The lowest BCUT2D eigenvalue weighted by atomic mass is 9.67. The topological polar surface area (TPSA) is 21.3 Å². The van der Waals surface area contributed by atoms with Crippen LogP contribution >= 0.6 is 0 Å². The molecular formula is C22H28FNO. The number of rotatable bonds is 6. The molecule has 3 heteroatoms. The second-order valence-electron chi connectivity index (χ2n) is 7.73. The second-order valence-corrected chi connectivity index (χ2v) is 7.73. The third kappa shape index (κ3) is 4.68. The summed E-state index contributed by atoms with van der Waals surface area (Å²) in [5, 5.41) is 3.57. The highest BCUT2D eigenvalue weighted by molar-refractivity contribution is 5.27. The minimum absolute atomic E-state index is 0.0408. The predicted molar refractivity (Wildman–Crippen MR) is 100 cm³/mol. The van der Waals surface area contributed by atoms with E-state index in [0.717, 1.165) is 39.0 Å². The van der Waals surface area contributed by atoms with Crippen LogP contribution in [0, 0.1) is 5.82 Å². The molecule has 0 spiro atoms. The summed E-state index contributed by atoms with van der Waals surface area (Å²) in [5.74, 6) is -0.174. The van der Waals surface area contributed by atoms with Crippen LogP contribution in [-0.2, 0) is 16.7 Å². The zero-order valence-corrected chi connectivity index (χ0v) is 15.2. The lowest BCUT2D eigenvalue weighted by Gasteiger charge is -2.45. The largest absolute Gasteiger partial charge is 0.376 e. The van der Waals surface area contributed by atoms with E-state index in [1.165, 1.54) is 11.1 Å². The van der Waals surface area contributed by atoms with E-state index in [-0.39, 0.29) is 16.8 Å². The first-order chi connectivity index (χ1) is 12.0. The van der Waals surface area contributed by atoms with Gasteiger partial charge in [-0.2, -0.15) is 0 Å². The molecule has 3 rings (SSSR count). The summed E-state index contributed by atoms with van der Waals surface area (Å²) in [6.45, 7) is 6.87. The normalized spacial score (nSPS) is 22.7. The standard InChI is InChI=1S/C22H28FNO/c1-21(2)17-22(13-15-25-21,19-8-10-20(23)11-9-19)12-14-24-16-18-6-4-3-5-7-18/h3-11,24H,12-17H2,1-2H3. The van der Waals surface area contributed by atoms with Crippen LogP contribution in [0.25, 0.3) is 0 Å². The quantitative estimate of drug-likeness (QED) is 0.760. The van der Waals surface area contributed by atoms with Crippen LogP contribution in [0.2, 0.25) is 0 Å². The summed E-state index contributed by atoms with van der Waals surface area (Å²) in [6, 6.07) is 17.5. The van der Waals surface area contributed by atoms with Gasteiger partial charge >= 0.3 is 0 Å². The Labute approximate surface area is 150 Å². The molecule has 0 aromatic heterocycles. The Hall–Kier alpha value is -1.71. The molecule has 1 fully saturated rings. The predicted octanol–water partition coefficient (Wildman–Crippen LogP) is 4.83. The summed E-state index contributed by atoms with van der Waals surface area (Å²) in [5.41, 5.74) is 2.42. The van der Waals surface area contributed by atoms with E-state index < -0.39 is 0 Å². The van der Waals surface area contributed by atoms with Crippen molar-refractivity contribution in [3.8, 4) is 0 Å². The molecule has 1 unspecified atom stereocenters. The first-order valence-corrected chi connectivity index (χ1v) is 9.14. The van der Waals surface area contributed by atoms with Gasteiger partial charge in [0.25, 0.3) is 0 Å². The number of halogens is 1. The zero-order valence-electron chi connectivity index (χ0n) is 15.2. The molecule has 0 amide bonds. The first kappa shape index (κ1) is 18.1. The van der Waals surface area contributed by atoms with Gasteiger partial charge in [-0.15, -0.1) is 0 Å². The van der Waals surface area contributed by atoms with Gasteiger partial charge in [0, 0.05) is 18.6 Å². The van der Waals surface area contributed by atoms with Crippen molar-refractivity contribution in [1.29, 1.82) is 0 Å². The highest BCUT2D eigenvalue weighted by atomic mass is 19.1. The molecular weight excluding hydrogens is 313 g/mol. The Bertz CT molecular complexity index is 668. The molecule has 1 N–H and O–H groups in total. The van der Waals surface area contributed by atoms with Crippen molar-refractivity contribution in [2.45, 2.75) is 50.7 Å². The van der Waals surface area contributed by atoms with Crippen LogP contribution in [-0.4, -0.2) is 18.8 Å². The molecule has 2 aromatic rings. The molecule has 134 valence electrons. The van der Waals surface area contributed by atoms with E-state index >= 15 is 0 Å². The van der Waals surface area contributed by atoms with E-state index in [4.69, 9.17) is 4.74 Å². The Morgan fingerprint density at radius 3 is 2.44 bits per heavy atom. The zero-order chi connectivity index (χ0) is 17.8. The second kappa shape index (κ2) is 7.67. The molecule has 0 aliphatic carbocycles. The van der Waals surface area contributed by atoms with E-state index in [2.05, 4.69) is 43.4 Å². The summed E-state index contributed by atoms with van der Waals surface area (Å²) < 4.78 is 19.3. The molecule has 1 atom stereocenters.